The molecule has 0 aliphatic heterocycles. The SMILES string of the molecule is CN(Cc1cccs1)C(=O)CC(NC(=O)c1ccccc1Cl)c1ccccc1. The third-order valence-corrected chi connectivity index (χ3v) is 5.59. The van der Waals surface area contributed by atoms with Crippen molar-refractivity contribution >= 4 is 34.8 Å². The van der Waals surface area contributed by atoms with Crippen LogP contribution < -0.4 is 5.32 Å². The molecular weight excluding hydrogens is 392 g/mol. The Morgan fingerprint density at radius 3 is 2.43 bits per heavy atom. The topological polar surface area (TPSA) is 49.4 Å². The first-order chi connectivity index (χ1) is 13.5. The van der Waals surface area contributed by atoms with Crippen molar-refractivity contribution in [1.82, 2.24) is 10.2 Å². The fourth-order valence-electron chi connectivity index (χ4n) is 2.87. The predicted octanol–water partition coefficient (Wildman–Crippen LogP) is 4.92. The molecule has 3 rings (SSSR count). The molecule has 0 saturated heterocycles. The highest BCUT2D eigenvalue weighted by Gasteiger charge is 2.22. The Kier molecular flexibility index (Phi) is 6.85. The van der Waals surface area contributed by atoms with E-state index in [1.807, 2.05) is 47.8 Å². The van der Waals surface area contributed by atoms with Gasteiger partial charge in [0, 0.05) is 11.9 Å². The Hall–Kier alpha value is -2.63. The summed E-state index contributed by atoms with van der Waals surface area (Å²) in [5.74, 6) is -0.338. The van der Waals surface area contributed by atoms with Gasteiger partial charge in [-0.1, -0.05) is 60.1 Å². The summed E-state index contributed by atoms with van der Waals surface area (Å²) in [7, 11) is 1.78. The van der Waals surface area contributed by atoms with Gasteiger partial charge in [-0.15, -0.1) is 11.3 Å². The zero-order valence-corrected chi connectivity index (χ0v) is 17.0. The van der Waals surface area contributed by atoms with E-state index in [9.17, 15) is 9.59 Å². The summed E-state index contributed by atoms with van der Waals surface area (Å²) >= 11 is 7.76. The van der Waals surface area contributed by atoms with Crippen molar-refractivity contribution < 1.29 is 9.59 Å². The Morgan fingerprint density at radius 2 is 1.75 bits per heavy atom. The lowest BCUT2D eigenvalue weighted by molar-refractivity contribution is -0.130. The minimum Gasteiger partial charge on any atom is -0.345 e. The van der Waals surface area contributed by atoms with E-state index in [4.69, 9.17) is 11.6 Å². The molecule has 1 heterocycles. The van der Waals surface area contributed by atoms with Crippen LogP contribution in [0.15, 0.2) is 72.1 Å². The fraction of sp³-hybridized carbons (Fsp3) is 0.182. The zero-order valence-electron chi connectivity index (χ0n) is 15.5. The molecule has 3 aromatic rings. The third kappa shape index (κ3) is 5.21. The van der Waals surface area contributed by atoms with E-state index in [1.54, 1.807) is 47.5 Å². The summed E-state index contributed by atoms with van der Waals surface area (Å²) in [6.07, 6.45) is 0.169. The normalized spacial score (nSPS) is 11.6. The second-order valence-electron chi connectivity index (χ2n) is 6.45. The molecule has 2 aromatic carbocycles. The molecule has 0 aliphatic carbocycles. The van der Waals surface area contributed by atoms with Crippen molar-refractivity contribution in [2.75, 3.05) is 7.05 Å². The van der Waals surface area contributed by atoms with E-state index in [-0.39, 0.29) is 18.2 Å². The number of carbonyl (C=O) groups excluding carboxylic acids is 2. The van der Waals surface area contributed by atoms with Crippen molar-refractivity contribution in [3.05, 3.63) is 93.1 Å². The highest BCUT2D eigenvalue weighted by Crippen LogP contribution is 2.21. The van der Waals surface area contributed by atoms with Crippen molar-refractivity contribution in [1.29, 1.82) is 0 Å². The van der Waals surface area contributed by atoms with Crippen molar-refractivity contribution in [2.45, 2.75) is 19.0 Å². The molecule has 1 aromatic heterocycles. The minimum absolute atomic E-state index is 0.0401. The van der Waals surface area contributed by atoms with E-state index in [0.717, 1.165) is 10.4 Å². The minimum atomic E-state index is -0.441. The van der Waals surface area contributed by atoms with Gasteiger partial charge in [0.05, 0.1) is 29.6 Å². The number of halogens is 1. The van der Waals surface area contributed by atoms with Gasteiger partial charge in [-0.2, -0.15) is 0 Å². The molecule has 0 aliphatic rings. The maximum absolute atomic E-state index is 12.8. The Morgan fingerprint density at radius 1 is 1.04 bits per heavy atom. The summed E-state index contributed by atoms with van der Waals surface area (Å²) in [5.41, 5.74) is 1.27. The second kappa shape index (κ2) is 9.53. The van der Waals surface area contributed by atoms with Gasteiger partial charge < -0.3 is 10.2 Å². The molecule has 0 spiro atoms. The van der Waals surface area contributed by atoms with Crippen LogP contribution in [0.1, 0.15) is 33.3 Å². The summed E-state index contributed by atoms with van der Waals surface area (Å²) in [6.45, 7) is 0.552. The first-order valence-corrected chi connectivity index (χ1v) is 10.2. The maximum Gasteiger partial charge on any atom is 0.253 e. The van der Waals surface area contributed by atoms with Crippen molar-refractivity contribution in [2.24, 2.45) is 0 Å². The maximum atomic E-state index is 12.8. The summed E-state index contributed by atoms with van der Waals surface area (Å²) in [6, 6.07) is 19.9. The summed E-state index contributed by atoms with van der Waals surface area (Å²) < 4.78 is 0. The number of amides is 2. The first-order valence-electron chi connectivity index (χ1n) is 8.91. The van der Waals surface area contributed by atoms with Gasteiger partial charge in [0.2, 0.25) is 5.91 Å². The van der Waals surface area contributed by atoms with Crippen LogP contribution in [0.2, 0.25) is 5.02 Å². The van der Waals surface area contributed by atoms with Crippen LogP contribution in [0, 0.1) is 0 Å². The quantitative estimate of drug-likeness (QED) is 0.598. The molecule has 0 fully saturated rings. The molecule has 144 valence electrons. The van der Waals surface area contributed by atoms with Crippen LogP contribution in [0.5, 0.6) is 0 Å². The zero-order chi connectivity index (χ0) is 19.9. The van der Waals surface area contributed by atoms with E-state index in [0.29, 0.717) is 17.1 Å². The molecule has 1 N–H and O–H groups in total. The Labute approximate surface area is 173 Å². The van der Waals surface area contributed by atoms with E-state index in [2.05, 4.69) is 5.32 Å². The monoisotopic (exact) mass is 412 g/mol. The summed E-state index contributed by atoms with van der Waals surface area (Å²) in [5, 5.41) is 5.34. The standard InChI is InChI=1S/C22H21ClN2O2S/c1-25(15-17-10-7-13-28-17)21(26)14-20(16-8-3-2-4-9-16)24-22(27)18-11-5-6-12-19(18)23/h2-13,20H,14-15H2,1H3,(H,24,27). The lowest BCUT2D eigenvalue weighted by Crippen LogP contribution is -2.34. The lowest BCUT2D eigenvalue weighted by atomic mass is 10.0. The number of benzene rings is 2. The Bertz CT molecular complexity index is 929. The van der Waals surface area contributed by atoms with E-state index in [1.165, 1.54) is 0 Å². The van der Waals surface area contributed by atoms with Crippen LogP contribution >= 0.6 is 22.9 Å². The van der Waals surface area contributed by atoms with Gasteiger partial charge in [0.25, 0.3) is 5.91 Å². The molecule has 6 heteroatoms. The van der Waals surface area contributed by atoms with Crippen LogP contribution in [-0.4, -0.2) is 23.8 Å². The molecule has 4 nitrogen and oxygen atoms in total. The number of nitrogens with zero attached hydrogens (tertiary/aromatic N) is 1. The van der Waals surface area contributed by atoms with Gasteiger partial charge in [-0.25, -0.2) is 0 Å². The van der Waals surface area contributed by atoms with E-state index < -0.39 is 6.04 Å². The summed E-state index contributed by atoms with van der Waals surface area (Å²) in [4.78, 5) is 28.3. The molecule has 0 bridgehead atoms. The molecule has 1 unspecified atom stereocenters. The van der Waals surface area contributed by atoms with Crippen molar-refractivity contribution in [3.8, 4) is 0 Å². The number of hydrogen-bond donors (Lipinski definition) is 1. The van der Waals surface area contributed by atoms with Crippen LogP contribution in [0.25, 0.3) is 0 Å². The predicted molar refractivity (Wildman–Crippen MR) is 114 cm³/mol. The largest absolute Gasteiger partial charge is 0.345 e. The van der Waals surface area contributed by atoms with Crippen LogP contribution in [0.4, 0.5) is 0 Å². The van der Waals surface area contributed by atoms with Gasteiger partial charge >= 0.3 is 0 Å². The number of carbonyl (C=O) groups is 2. The number of thiophene rings is 1. The van der Waals surface area contributed by atoms with Crippen LogP contribution in [-0.2, 0) is 11.3 Å². The molecule has 0 radical (unpaired) electrons. The number of rotatable bonds is 7. The molecular formula is C22H21ClN2O2S. The second-order valence-corrected chi connectivity index (χ2v) is 7.89. The average molecular weight is 413 g/mol. The van der Waals surface area contributed by atoms with Crippen molar-refractivity contribution in [3.63, 3.8) is 0 Å². The Balaban J connectivity index is 1.75. The smallest absolute Gasteiger partial charge is 0.253 e. The van der Waals surface area contributed by atoms with Gasteiger partial charge in [-0.05, 0) is 29.1 Å². The number of nitrogens with one attached hydrogen (secondary N) is 1. The van der Waals surface area contributed by atoms with Gasteiger partial charge in [-0.3, -0.25) is 9.59 Å². The molecule has 1 atom stereocenters. The fourth-order valence-corrected chi connectivity index (χ4v) is 3.85. The highest BCUT2D eigenvalue weighted by atomic mass is 35.5. The lowest BCUT2D eigenvalue weighted by Gasteiger charge is -2.23. The van der Waals surface area contributed by atoms with E-state index >= 15 is 0 Å². The number of hydrogen-bond acceptors (Lipinski definition) is 3. The average Bonchev–Trinajstić information content (AvgIpc) is 3.21. The molecule has 2 amide bonds. The van der Waals surface area contributed by atoms with Gasteiger partial charge in [0.15, 0.2) is 0 Å². The van der Waals surface area contributed by atoms with Gasteiger partial charge in [0.1, 0.15) is 0 Å². The third-order valence-electron chi connectivity index (χ3n) is 4.40. The molecule has 28 heavy (non-hydrogen) atoms. The first kappa shape index (κ1) is 20.1. The van der Waals surface area contributed by atoms with Crippen LogP contribution in [0.3, 0.4) is 0 Å². The molecule has 0 saturated carbocycles. The highest BCUT2D eigenvalue weighted by molar-refractivity contribution is 7.09.